The average molecular weight is 482 g/mol. The van der Waals surface area contributed by atoms with Crippen molar-refractivity contribution in [2.24, 2.45) is 0 Å². The van der Waals surface area contributed by atoms with Gasteiger partial charge in [0, 0.05) is 18.3 Å². The molecule has 2 amide bonds. The molecule has 0 radical (unpaired) electrons. The zero-order valence-corrected chi connectivity index (χ0v) is 20.1. The molecular weight excluding hydrogens is 454 g/mol. The van der Waals surface area contributed by atoms with Crippen molar-refractivity contribution in [2.45, 2.75) is 25.2 Å². The number of ether oxygens (including phenoxy) is 2. The summed E-state index contributed by atoms with van der Waals surface area (Å²) in [6.07, 6.45) is 3.13. The van der Waals surface area contributed by atoms with Crippen molar-refractivity contribution in [3.05, 3.63) is 66.0 Å². The fraction of sp³-hybridized carbons (Fsp3) is 0.250. The predicted octanol–water partition coefficient (Wildman–Crippen LogP) is 3.38. The average Bonchev–Trinajstić information content (AvgIpc) is 3.27. The summed E-state index contributed by atoms with van der Waals surface area (Å²) >= 11 is 1.30. The van der Waals surface area contributed by atoms with E-state index < -0.39 is 0 Å². The van der Waals surface area contributed by atoms with E-state index in [1.165, 1.54) is 17.8 Å². The third kappa shape index (κ3) is 6.85. The number of nitrogens with one attached hydrogen (secondary N) is 2. The van der Waals surface area contributed by atoms with Crippen LogP contribution in [0.5, 0.6) is 11.5 Å². The molecule has 3 aromatic rings. The summed E-state index contributed by atoms with van der Waals surface area (Å²) in [5.41, 5.74) is 1.55. The van der Waals surface area contributed by atoms with Crippen molar-refractivity contribution in [1.82, 2.24) is 20.1 Å². The van der Waals surface area contributed by atoms with Crippen molar-refractivity contribution in [3.63, 3.8) is 0 Å². The summed E-state index contributed by atoms with van der Waals surface area (Å²) in [5, 5.41) is 14.6. The Kier molecular flexibility index (Phi) is 9.10. The van der Waals surface area contributed by atoms with Crippen molar-refractivity contribution in [1.29, 1.82) is 0 Å². The van der Waals surface area contributed by atoms with Crippen LogP contribution in [0.4, 0.5) is 5.69 Å². The Morgan fingerprint density at radius 3 is 2.53 bits per heavy atom. The van der Waals surface area contributed by atoms with Crippen molar-refractivity contribution < 1.29 is 19.1 Å². The van der Waals surface area contributed by atoms with Gasteiger partial charge in [0.05, 0.1) is 26.5 Å². The number of rotatable bonds is 11. The zero-order valence-electron chi connectivity index (χ0n) is 19.3. The summed E-state index contributed by atoms with van der Waals surface area (Å²) in [4.78, 5) is 24.5. The number of carbonyl (C=O) groups excluding carboxylic acids is 2. The molecule has 0 unspecified atom stereocenters. The van der Waals surface area contributed by atoms with Crippen LogP contribution in [-0.2, 0) is 22.7 Å². The van der Waals surface area contributed by atoms with Crippen LogP contribution in [0.15, 0.2) is 59.8 Å². The first-order chi connectivity index (χ1) is 16.5. The molecule has 0 bridgehead atoms. The highest BCUT2D eigenvalue weighted by molar-refractivity contribution is 7.99. The van der Waals surface area contributed by atoms with Gasteiger partial charge in [0.15, 0.2) is 22.5 Å². The summed E-state index contributed by atoms with van der Waals surface area (Å²) in [6.45, 7) is 2.79. The van der Waals surface area contributed by atoms with Gasteiger partial charge in [-0.3, -0.25) is 9.59 Å². The van der Waals surface area contributed by atoms with Crippen molar-refractivity contribution >= 4 is 35.3 Å². The maximum absolute atomic E-state index is 12.3. The van der Waals surface area contributed by atoms with E-state index in [1.807, 2.05) is 47.9 Å². The molecule has 178 valence electrons. The Bertz CT molecular complexity index is 1150. The molecule has 0 spiro atoms. The molecule has 0 aliphatic carbocycles. The topological polar surface area (TPSA) is 107 Å². The second kappa shape index (κ2) is 12.4. The molecule has 10 heteroatoms. The van der Waals surface area contributed by atoms with Gasteiger partial charge in [-0.05, 0) is 42.8 Å². The first kappa shape index (κ1) is 24.8. The van der Waals surface area contributed by atoms with Gasteiger partial charge in [-0.1, -0.05) is 36.0 Å². The summed E-state index contributed by atoms with van der Waals surface area (Å²) in [6, 6.07) is 14.7. The Morgan fingerprint density at radius 2 is 1.82 bits per heavy atom. The van der Waals surface area contributed by atoms with Gasteiger partial charge in [-0.25, -0.2) is 0 Å². The number of methoxy groups -OCH3 is 2. The van der Waals surface area contributed by atoms with Gasteiger partial charge < -0.3 is 24.7 Å². The molecule has 0 saturated heterocycles. The molecule has 2 aromatic carbocycles. The van der Waals surface area contributed by atoms with E-state index in [9.17, 15) is 9.59 Å². The standard InChI is InChI=1S/C24H27N5O4S/c1-4-29-21(27-28-24(29)34-16-23(31)26-18-8-6-5-7-9-18)15-25-22(30)13-11-17-10-12-19(32-2)20(14-17)33-3/h5-14H,4,15-16H2,1-3H3,(H,25,30)(H,26,31). The number of thioether (sulfide) groups is 1. The molecule has 0 aliphatic heterocycles. The number of carbonyl (C=O) groups is 2. The van der Waals surface area contributed by atoms with E-state index in [4.69, 9.17) is 9.47 Å². The summed E-state index contributed by atoms with van der Waals surface area (Å²) < 4.78 is 12.4. The van der Waals surface area contributed by atoms with Crippen LogP contribution < -0.4 is 20.1 Å². The molecule has 1 aromatic heterocycles. The molecule has 0 saturated carbocycles. The van der Waals surface area contributed by atoms with E-state index in [-0.39, 0.29) is 24.1 Å². The lowest BCUT2D eigenvalue weighted by Crippen LogP contribution is -2.22. The number of benzene rings is 2. The summed E-state index contributed by atoms with van der Waals surface area (Å²) in [7, 11) is 3.13. The maximum atomic E-state index is 12.3. The number of para-hydroxylation sites is 1. The minimum Gasteiger partial charge on any atom is -0.493 e. The van der Waals surface area contributed by atoms with Crippen molar-refractivity contribution in [2.75, 3.05) is 25.3 Å². The lowest BCUT2D eigenvalue weighted by molar-refractivity contribution is -0.116. The third-order valence-electron chi connectivity index (χ3n) is 4.76. The van der Waals surface area contributed by atoms with Gasteiger partial charge in [-0.15, -0.1) is 10.2 Å². The van der Waals surface area contributed by atoms with Crippen LogP contribution in [0, 0.1) is 0 Å². The fourth-order valence-electron chi connectivity index (χ4n) is 3.08. The number of amides is 2. The van der Waals surface area contributed by atoms with Gasteiger partial charge in [0.2, 0.25) is 11.8 Å². The number of nitrogens with zero attached hydrogens (tertiary/aromatic N) is 3. The Balaban J connectivity index is 1.53. The largest absolute Gasteiger partial charge is 0.493 e. The minimum absolute atomic E-state index is 0.128. The SMILES string of the molecule is CCn1c(CNC(=O)C=Cc2ccc(OC)c(OC)c2)nnc1SCC(=O)Nc1ccccc1. The summed E-state index contributed by atoms with van der Waals surface area (Å²) in [5.74, 6) is 1.63. The third-order valence-corrected chi connectivity index (χ3v) is 5.72. The van der Waals surface area contributed by atoms with Crippen LogP contribution in [-0.4, -0.2) is 46.6 Å². The van der Waals surface area contributed by atoms with E-state index in [2.05, 4.69) is 20.8 Å². The number of hydrogen-bond acceptors (Lipinski definition) is 7. The highest BCUT2D eigenvalue weighted by Crippen LogP contribution is 2.28. The molecule has 0 atom stereocenters. The Morgan fingerprint density at radius 1 is 1.06 bits per heavy atom. The van der Waals surface area contributed by atoms with E-state index >= 15 is 0 Å². The highest BCUT2D eigenvalue weighted by Gasteiger charge is 2.14. The van der Waals surface area contributed by atoms with E-state index in [0.717, 1.165) is 11.3 Å². The van der Waals surface area contributed by atoms with Crippen molar-refractivity contribution in [3.8, 4) is 11.5 Å². The van der Waals surface area contributed by atoms with E-state index in [0.29, 0.717) is 29.0 Å². The Labute approximate surface area is 202 Å². The van der Waals surface area contributed by atoms with Gasteiger partial charge in [-0.2, -0.15) is 0 Å². The van der Waals surface area contributed by atoms with Gasteiger partial charge in [0.1, 0.15) is 0 Å². The van der Waals surface area contributed by atoms with Gasteiger partial charge >= 0.3 is 0 Å². The molecule has 1 heterocycles. The van der Waals surface area contributed by atoms with Crippen LogP contribution in [0.1, 0.15) is 18.3 Å². The number of anilines is 1. The molecule has 9 nitrogen and oxygen atoms in total. The maximum Gasteiger partial charge on any atom is 0.244 e. The zero-order chi connectivity index (χ0) is 24.3. The Hall–Kier alpha value is -3.79. The molecular formula is C24H27N5O4S. The van der Waals surface area contributed by atoms with Gasteiger partial charge in [0.25, 0.3) is 0 Å². The molecule has 3 rings (SSSR count). The van der Waals surface area contributed by atoms with Crippen LogP contribution in [0.2, 0.25) is 0 Å². The second-order valence-electron chi connectivity index (χ2n) is 7.01. The van der Waals surface area contributed by atoms with Crippen LogP contribution >= 0.6 is 11.8 Å². The molecule has 0 aliphatic rings. The minimum atomic E-state index is -0.267. The first-order valence-electron chi connectivity index (χ1n) is 10.6. The molecule has 0 fully saturated rings. The van der Waals surface area contributed by atoms with Crippen LogP contribution in [0.25, 0.3) is 6.08 Å². The number of hydrogen-bond donors (Lipinski definition) is 2. The smallest absolute Gasteiger partial charge is 0.244 e. The first-order valence-corrected chi connectivity index (χ1v) is 11.6. The highest BCUT2D eigenvalue weighted by atomic mass is 32.2. The second-order valence-corrected chi connectivity index (χ2v) is 7.95. The molecule has 2 N–H and O–H groups in total. The quantitative estimate of drug-likeness (QED) is 0.319. The molecule has 34 heavy (non-hydrogen) atoms. The van der Waals surface area contributed by atoms with Crippen LogP contribution in [0.3, 0.4) is 0 Å². The monoisotopic (exact) mass is 481 g/mol. The number of aromatic nitrogens is 3. The fourth-order valence-corrected chi connectivity index (χ4v) is 3.90. The predicted molar refractivity (Wildman–Crippen MR) is 132 cm³/mol. The lowest BCUT2D eigenvalue weighted by atomic mass is 10.2. The normalized spacial score (nSPS) is 10.8. The lowest BCUT2D eigenvalue weighted by Gasteiger charge is -2.08. The van der Waals surface area contributed by atoms with E-state index in [1.54, 1.807) is 32.4 Å².